The maximum Gasteiger partial charge on any atom is 2.00 e. The molecule has 0 aliphatic heterocycles. The summed E-state index contributed by atoms with van der Waals surface area (Å²) in [5, 5.41) is 19.8. The van der Waals surface area contributed by atoms with Crippen LogP contribution in [0.1, 0.15) is 90.9 Å². The second kappa shape index (κ2) is 21.8. The minimum atomic E-state index is -0.920. The van der Waals surface area contributed by atoms with Gasteiger partial charge in [-0.3, -0.25) is 0 Å². The molecule has 0 bridgehead atoms. The molecule has 0 aromatic carbocycles. The molecule has 21 heavy (non-hydrogen) atoms. The number of aliphatic carboxylic acids is 2. The summed E-state index contributed by atoms with van der Waals surface area (Å²) < 4.78 is 0. The second-order valence-electron chi connectivity index (χ2n) is 5.07. The molecule has 0 aliphatic carbocycles. The third-order valence-electron chi connectivity index (χ3n) is 2.97. The molecule has 0 radical (unpaired) electrons. The van der Waals surface area contributed by atoms with Crippen LogP contribution in [0, 0.1) is 0 Å². The predicted molar refractivity (Wildman–Crippen MR) is 76.8 cm³/mol. The molecule has 124 valence electrons. The Kier molecular flexibility index (Phi) is 26.4. The number of carboxylic acid groups (broad SMARTS) is 2. The number of unbranched alkanes of at least 4 members (excludes halogenated alkanes) is 8. The number of carbonyl (C=O) groups excluding carboxylic acids is 2. The first kappa shape index (κ1) is 25.4. The van der Waals surface area contributed by atoms with Gasteiger partial charge in [0.1, 0.15) is 0 Å². The third kappa shape index (κ3) is 32.8. The van der Waals surface area contributed by atoms with E-state index in [2.05, 4.69) is 13.8 Å². The number of carboxylic acids is 2. The Bertz CT molecular complexity index is 208. The fourth-order valence-electron chi connectivity index (χ4n) is 1.75. The molecule has 0 N–H and O–H groups in total. The number of hydrogen-bond acceptors (Lipinski definition) is 4. The molecule has 4 nitrogen and oxygen atoms in total. The molecule has 0 aromatic heterocycles. The van der Waals surface area contributed by atoms with Crippen LogP contribution in [0.4, 0.5) is 0 Å². The summed E-state index contributed by atoms with van der Waals surface area (Å²) in [5.74, 6) is -1.84. The maximum absolute atomic E-state index is 9.92. The van der Waals surface area contributed by atoms with E-state index < -0.39 is 11.9 Å². The van der Waals surface area contributed by atoms with Crippen molar-refractivity contribution in [2.75, 3.05) is 0 Å². The second-order valence-corrected chi connectivity index (χ2v) is 5.07. The van der Waals surface area contributed by atoms with Crippen LogP contribution in [0.5, 0.6) is 0 Å². The van der Waals surface area contributed by atoms with E-state index in [1.54, 1.807) is 0 Å². The van der Waals surface area contributed by atoms with Crippen LogP contribution in [0.3, 0.4) is 0 Å². The first-order valence-corrected chi connectivity index (χ1v) is 7.94. The summed E-state index contributed by atoms with van der Waals surface area (Å²) in [4.78, 5) is 19.8. The molecule has 0 fully saturated rings. The Morgan fingerprint density at radius 1 is 0.619 bits per heavy atom. The van der Waals surface area contributed by atoms with E-state index in [9.17, 15) is 19.8 Å². The molecule has 0 aliphatic rings. The topological polar surface area (TPSA) is 80.3 Å². The minimum Gasteiger partial charge on any atom is -0.550 e. The van der Waals surface area contributed by atoms with Gasteiger partial charge in [0.2, 0.25) is 0 Å². The molecule has 0 atom stereocenters. The van der Waals surface area contributed by atoms with Crippen molar-refractivity contribution in [3.05, 3.63) is 0 Å². The number of carbonyl (C=O) groups is 2. The SMILES string of the molecule is CCCCCCCC(=O)[O-].CCCCCCCC(=O)[O-].[Cr+2]. The van der Waals surface area contributed by atoms with E-state index in [0.717, 1.165) is 38.5 Å². The van der Waals surface area contributed by atoms with Gasteiger partial charge in [0.15, 0.2) is 0 Å². The van der Waals surface area contributed by atoms with E-state index in [0.29, 0.717) is 0 Å². The average Bonchev–Trinajstić information content (AvgIpc) is 2.38. The third-order valence-corrected chi connectivity index (χ3v) is 2.97. The van der Waals surface area contributed by atoms with Gasteiger partial charge < -0.3 is 19.8 Å². The quantitative estimate of drug-likeness (QED) is 0.511. The summed E-state index contributed by atoms with van der Waals surface area (Å²) in [7, 11) is 0. The summed E-state index contributed by atoms with van der Waals surface area (Å²) in [6.45, 7) is 4.28. The van der Waals surface area contributed by atoms with Crippen molar-refractivity contribution in [2.24, 2.45) is 0 Å². The van der Waals surface area contributed by atoms with E-state index in [1.165, 1.54) is 25.7 Å². The van der Waals surface area contributed by atoms with Crippen molar-refractivity contribution in [1.29, 1.82) is 0 Å². The predicted octanol–water partition coefficient (Wildman–Crippen LogP) is 2.19. The van der Waals surface area contributed by atoms with Crippen molar-refractivity contribution < 1.29 is 37.2 Å². The molecular weight excluding hydrogens is 308 g/mol. The van der Waals surface area contributed by atoms with Crippen LogP contribution in [-0.2, 0) is 27.0 Å². The Balaban J connectivity index is -0.000000295. The average molecular weight is 338 g/mol. The normalized spacial score (nSPS) is 9.24. The van der Waals surface area contributed by atoms with Crippen LogP contribution >= 0.6 is 0 Å². The van der Waals surface area contributed by atoms with Gasteiger partial charge in [-0.15, -0.1) is 0 Å². The van der Waals surface area contributed by atoms with Gasteiger partial charge in [0.05, 0.1) is 0 Å². The van der Waals surface area contributed by atoms with Gasteiger partial charge in [-0.2, -0.15) is 0 Å². The van der Waals surface area contributed by atoms with Gasteiger partial charge in [-0.1, -0.05) is 65.2 Å². The van der Waals surface area contributed by atoms with Crippen LogP contribution in [0.15, 0.2) is 0 Å². The van der Waals surface area contributed by atoms with Crippen molar-refractivity contribution in [3.8, 4) is 0 Å². The standard InChI is InChI=1S/2C8H16O2.Cr/c2*1-2-3-4-5-6-7-8(9)10;/h2*2-7H2,1H3,(H,9,10);/q;;+2/p-2. The van der Waals surface area contributed by atoms with Gasteiger partial charge in [0, 0.05) is 11.9 Å². The van der Waals surface area contributed by atoms with Crippen molar-refractivity contribution >= 4 is 11.9 Å². The van der Waals surface area contributed by atoms with Crippen molar-refractivity contribution in [2.45, 2.75) is 90.9 Å². The summed E-state index contributed by atoms with van der Waals surface area (Å²) in [6, 6.07) is 0. The molecule has 0 amide bonds. The van der Waals surface area contributed by atoms with E-state index >= 15 is 0 Å². The number of hydrogen-bond donors (Lipinski definition) is 0. The van der Waals surface area contributed by atoms with E-state index in [-0.39, 0.29) is 30.2 Å². The Morgan fingerprint density at radius 2 is 0.905 bits per heavy atom. The maximum atomic E-state index is 9.92. The van der Waals surface area contributed by atoms with E-state index in [1.807, 2.05) is 0 Å². The van der Waals surface area contributed by atoms with Gasteiger partial charge in [0.25, 0.3) is 0 Å². The summed E-state index contributed by atoms with van der Waals surface area (Å²) in [6.07, 6.45) is 11.2. The number of rotatable bonds is 12. The summed E-state index contributed by atoms with van der Waals surface area (Å²) >= 11 is 0. The van der Waals surface area contributed by atoms with Crippen LogP contribution < -0.4 is 10.2 Å². The molecule has 0 heterocycles. The molecule has 0 unspecified atom stereocenters. The van der Waals surface area contributed by atoms with Crippen LogP contribution in [0.25, 0.3) is 0 Å². The van der Waals surface area contributed by atoms with Crippen LogP contribution in [-0.4, -0.2) is 11.9 Å². The first-order valence-electron chi connectivity index (χ1n) is 7.94. The summed E-state index contributed by atoms with van der Waals surface area (Å²) in [5.41, 5.74) is 0. The van der Waals surface area contributed by atoms with Gasteiger partial charge in [-0.05, 0) is 25.7 Å². The smallest absolute Gasteiger partial charge is 0.550 e. The van der Waals surface area contributed by atoms with Crippen molar-refractivity contribution in [1.82, 2.24) is 0 Å². The van der Waals surface area contributed by atoms with Gasteiger partial charge in [-0.25, -0.2) is 0 Å². The zero-order chi connectivity index (χ0) is 15.6. The molecular formula is C16H30CrO4. The van der Waals surface area contributed by atoms with Gasteiger partial charge >= 0.3 is 17.4 Å². The Morgan fingerprint density at radius 3 is 1.14 bits per heavy atom. The molecule has 0 saturated heterocycles. The fourth-order valence-corrected chi connectivity index (χ4v) is 1.75. The first-order chi connectivity index (χ1) is 9.54. The largest absolute Gasteiger partial charge is 2.00 e. The molecule has 0 aromatic rings. The monoisotopic (exact) mass is 338 g/mol. The molecule has 5 heteroatoms. The zero-order valence-electron chi connectivity index (χ0n) is 13.5. The van der Waals surface area contributed by atoms with E-state index in [4.69, 9.17) is 0 Å². The Hall–Kier alpha value is -0.528. The zero-order valence-corrected chi connectivity index (χ0v) is 14.8. The Labute approximate surface area is 140 Å². The minimum absolute atomic E-state index is 0. The van der Waals surface area contributed by atoms with Crippen LogP contribution in [0.2, 0.25) is 0 Å². The molecule has 0 rings (SSSR count). The van der Waals surface area contributed by atoms with Crippen molar-refractivity contribution in [3.63, 3.8) is 0 Å². The molecule has 0 spiro atoms. The molecule has 0 saturated carbocycles. The fraction of sp³-hybridized carbons (Fsp3) is 0.875.